The Morgan fingerprint density at radius 3 is 1.96 bits per heavy atom. The summed E-state index contributed by atoms with van der Waals surface area (Å²) in [4.78, 5) is 87.8. The number of anilines is 1. The molecule has 0 fully saturated rings. The number of nitrogens with two attached hydrogens (primary N) is 1. The van der Waals surface area contributed by atoms with E-state index < -0.39 is 71.5 Å². The van der Waals surface area contributed by atoms with Gasteiger partial charge in [0.25, 0.3) is 5.69 Å². The molecule has 0 aromatic heterocycles. The van der Waals surface area contributed by atoms with Crippen molar-refractivity contribution in [3.8, 4) is 16.9 Å². The third-order valence-electron chi connectivity index (χ3n) is 8.86. The van der Waals surface area contributed by atoms with Crippen LogP contribution in [0.15, 0.2) is 97.1 Å². The summed E-state index contributed by atoms with van der Waals surface area (Å²) in [6.07, 6.45) is -3.04. The van der Waals surface area contributed by atoms with E-state index in [9.17, 15) is 38.9 Å². The number of primary amides is 1. The Hall–Kier alpha value is -7.30. The number of ether oxygens (including phenoxy) is 3. The van der Waals surface area contributed by atoms with Gasteiger partial charge in [0.15, 0.2) is 6.10 Å². The van der Waals surface area contributed by atoms with Crippen LogP contribution >= 0.6 is 0 Å². The van der Waals surface area contributed by atoms with E-state index in [1.807, 2.05) is 48.5 Å². The molecule has 0 saturated carbocycles. The number of hydrogen-bond donors (Lipinski definition) is 4. The van der Waals surface area contributed by atoms with Crippen LogP contribution in [-0.4, -0.2) is 70.9 Å². The Labute approximate surface area is 320 Å². The second kappa shape index (κ2) is 17.7. The number of non-ortho nitro benzene ring substituents is 1. The number of fused-ring (bicyclic) bond motifs is 3. The first-order chi connectivity index (χ1) is 26.7. The molecule has 0 heterocycles. The number of carbonyl (C=O) groups excluding carboxylic acids is 6. The summed E-state index contributed by atoms with van der Waals surface area (Å²) in [6, 6.07) is 22.3. The summed E-state index contributed by atoms with van der Waals surface area (Å²) in [6.45, 7) is 2.63. The molecule has 0 spiro atoms. The van der Waals surface area contributed by atoms with Gasteiger partial charge in [0, 0.05) is 36.0 Å². The molecule has 0 bridgehead atoms. The van der Waals surface area contributed by atoms with Gasteiger partial charge >= 0.3 is 12.2 Å². The monoisotopic (exact) mass is 766 g/mol. The average molecular weight is 767 g/mol. The molecule has 5 N–H and O–H groups in total. The lowest BCUT2D eigenvalue weighted by Gasteiger charge is -2.27. The highest BCUT2D eigenvalue weighted by Crippen LogP contribution is 2.45. The van der Waals surface area contributed by atoms with Gasteiger partial charge in [-0.25, -0.2) is 9.59 Å². The minimum Gasteiger partial charge on any atom is -0.436 e. The highest BCUT2D eigenvalue weighted by Gasteiger charge is 2.34. The number of hydrogen-bond acceptors (Lipinski definition) is 11. The molecular weight excluding hydrogens is 728 g/mol. The summed E-state index contributed by atoms with van der Waals surface area (Å²) >= 11 is 0. The predicted octanol–water partition coefficient (Wildman–Crippen LogP) is 4.34. The van der Waals surface area contributed by atoms with Gasteiger partial charge in [0.2, 0.25) is 23.6 Å². The first-order valence-corrected chi connectivity index (χ1v) is 17.2. The fourth-order valence-corrected chi connectivity index (χ4v) is 5.68. The van der Waals surface area contributed by atoms with E-state index in [0.29, 0.717) is 5.56 Å². The molecule has 0 unspecified atom stereocenters. The molecule has 0 saturated heterocycles. The van der Waals surface area contributed by atoms with Gasteiger partial charge in [-0.05, 0) is 54.8 Å². The highest BCUT2D eigenvalue weighted by atomic mass is 16.7. The standard InChI is InChI=1S/C39H38N6O11/c1-22(41-36(48)23(2)44(3)38(50)56-34-30-10-6-4-8-28(30)29-9-5-7-11-31(29)34)35(47)43-32(20-33(40)46)37(49)42-25-14-12-24(13-15-25)21-54-39(51)55-27-18-16-26(17-19-27)45(52)53/h4-19,22-23,32,34H,20-21H2,1-3H3,(H2,40,46)(H,41,48)(H,42,49)(H,43,47)/t22-,23-,32-/m0/s1. The number of likely N-dealkylation sites (N-methyl/N-ethyl adjacent to an activating group) is 1. The largest absolute Gasteiger partial charge is 0.514 e. The van der Waals surface area contributed by atoms with Gasteiger partial charge in [-0.1, -0.05) is 60.7 Å². The summed E-state index contributed by atoms with van der Waals surface area (Å²) in [5.74, 6) is -3.09. The van der Waals surface area contributed by atoms with Crippen LogP contribution < -0.4 is 26.4 Å². The minimum absolute atomic E-state index is 0.0469. The van der Waals surface area contributed by atoms with Crippen molar-refractivity contribution < 1.29 is 47.9 Å². The van der Waals surface area contributed by atoms with Gasteiger partial charge in [-0.15, -0.1) is 0 Å². The number of amides is 5. The summed E-state index contributed by atoms with van der Waals surface area (Å²) < 4.78 is 15.9. The number of rotatable bonds is 14. The van der Waals surface area contributed by atoms with Crippen molar-refractivity contribution in [3.05, 3.63) is 124 Å². The summed E-state index contributed by atoms with van der Waals surface area (Å²) in [7, 11) is 1.40. The van der Waals surface area contributed by atoms with Crippen LogP contribution in [0.25, 0.3) is 11.1 Å². The normalized spacial score (nSPS) is 13.1. The maximum Gasteiger partial charge on any atom is 0.514 e. The third-order valence-corrected chi connectivity index (χ3v) is 8.86. The molecule has 3 atom stereocenters. The van der Waals surface area contributed by atoms with Crippen molar-refractivity contribution in [2.24, 2.45) is 5.73 Å². The topological polar surface area (TPSA) is 239 Å². The molecule has 1 aliphatic carbocycles. The van der Waals surface area contributed by atoms with Gasteiger partial charge in [0.05, 0.1) is 11.3 Å². The van der Waals surface area contributed by atoms with E-state index in [1.165, 1.54) is 69.4 Å². The van der Waals surface area contributed by atoms with E-state index in [1.54, 1.807) is 0 Å². The van der Waals surface area contributed by atoms with Gasteiger partial charge in [-0.3, -0.25) is 34.2 Å². The second-order valence-corrected chi connectivity index (χ2v) is 12.8. The van der Waals surface area contributed by atoms with Gasteiger partial charge in [-0.2, -0.15) is 0 Å². The Kier molecular flexibility index (Phi) is 12.6. The van der Waals surface area contributed by atoms with Crippen molar-refractivity contribution in [3.63, 3.8) is 0 Å². The van der Waals surface area contributed by atoms with E-state index in [2.05, 4.69) is 16.0 Å². The number of nitro groups is 1. The summed E-state index contributed by atoms with van der Waals surface area (Å²) in [5.41, 5.74) is 9.48. The van der Waals surface area contributed by atoms with Crippen LogP contribution in [0.4, 0.5) is 21.0 Å². The number of nitrogens with one attached hydrogen (secondary N) is 3. The maximum atomic E-state index is 13.2. The van der Waals surface area contributed by atoms with Crippen molar-refractivity contribution in [2.45, 2.75) is 51.1 Å². The van der Waals surface area contributed by atoms with Crippen LogP contribution in [0, 0.1) is 10.1 Å². The van der Waals surface area contributed by atoms with E-state index in [0.717, 1.165) is 27.2 Å². The molecule has 4 aromatic rings. The lowest BCUT2D eigenvalue weighted by Crippen LogP contribution is -2.55. The zero-order chi connectivity index (χ0) is 40.5. The van der Waals surface area contributed by atoms with Crippen LogP contribution in [0.1, 0.15) is 43.1 Å². The molecule has 5 rings (SSSR count). The third kappa shape index (κ3) is 9.81. The lowest BCUT2D eigenvalue weighted by atomic mass is 10.1. The lowest BCUT2D eigenvalue weighted by molar-refractivity contribution is -0.384. The first kappa shape index (κ1) is 39.9. The fourth-order valence-electron chi connectivity index (χ4n) is 5.68. The number of nitrogens with zero attached hydrogens (tertiary/aromatic N) is 2. The van der Waals surface area contributed by atoms with E-state index >= 15 is 0 Å². The SMILES string of the molecule is C[C@H](NC(=O)[C@H](C)N(C)C(=O)OC1c2ccccc2-c2ccccc21)C(=O)N[C@@H](CC(N)=O)C(=O)Nc1ccc(COC(=O)Oc2ccc([N+](=O)[O-])cc2)cc1. The quantitative estimate of drug-likeness (QED) is 0.0609. The molecule has 4 aromatic carbocycles. The van der Waals surface area contributed by atoms with E-state index in [-0.39, 0.29) is 23.7 Å². The summed E-state index contributed by atoms with van der Waals surface area (Å²) in [5, 5.41) is 18.3. The highest BCUT2D eigenvalue weighted by molar-refractivity contribution is 6.00. The smallest absolute Gasteiger partial charge is 0.436 e. The molecular formula is C39H38N6O11. The molecule has 290 valence electrons. The molecule has 17 heteroatoms. The Morgan fingerprint density at radius 2 is 1.39 bits per heavy atom. The van der Waals surface area contributed by atoms with Crippen molar-refractivity contribution in [1.82, 2.24) is 15.5 Å². The Bertz CT molecular complexity index is 2100. The number of nitro benzene ring substituents is 1. The molecule has 5 amide bonds. The van der Waals surface area contributed by atoms with Crippen molar-refractivity contribution >= 4 is 47.3 Å². The number of benzene rings is 4. The minimum atomic E-state index is -1.41. The Morgan fingerprint density at radius 1 is 0.804 bits per heavy atom. The molecule has 56 heavy (non-hydrogen) atoms. The zero-order valence-electron chi connectivity index (χ0n) is 30.4. The van der Waals surface area contributed by atoms with Crippen LogP contribution in [0.2, 0.25) is 0 Å². The van der Waals surface area contributed by atoms with Crippen molar-refractivity contribution in [2.75, 3.05) is 12.4 Å². The van der Waals surface area contributed by atoms with Crippen molar-refractivity contribution in [1.29, 1.82) is 0 Å². The first-order valence-electron chi connectivity index (χ1n) is 17.2. The van der Waals surface area contributed by atoms with E-state index in [4.69, 9.17) is 19.9 Å². The predicted molar refractivity (Wildman–Crippen MR) is 200 cm³/mol. The van der Waals surface area contributed by atoms with Gasteiger partial charge < -0.3 is 35.9 Å². The van der Waals surface area contributed by atoms with Crippen LogP contribution in [0.3, 0.4) is 0 Å². The maximum absolute atomic E-state index is 13.2. The average Bonchev–Trinajstić information content (AvgIpc) is 3.49. The molecule has 0 radical (unpaired) electrons. The van der Waals surface area contributed by atoms with Gasteiger partial charge in [0.1, 0.15) is 30.5 Å². The molecule has 17 nitrogen and oxygen atoms in total. The zero-order valence-corrected chi connectivity index (χ0v) is 30.4. The van der Waals surface area contributed by atoms with Crippen LogP contribution in [0.5, 0.6) is 5.75 Å². The second-order valence-electron chi connectivity index (χ2n) is 12.8. The number of carbonyl (C=O) groups is 6. The molecule has 0 aliphatic heterocycles. The Balaban J connectivity index is 1.10. The van der Waals surface area contributed by atoms with Crippen LogP contribution in [-0.2, 0) is 35.3 Å². The molecule has 1 aliphatic rings. The fraction of sp³-hybridized carbons (Fsp3) is 0.231.